The quantitative estimate of drug-likeness (QED) is 0.294. The fourth-order valence-corrected chi connectivity index (χ4v) is 4.99. The van der Waals surface area contributed by atoms with Gasteiger partial charge in [0.2, 0.25) is 5.91 Å². The maximum atomic E-state index is 13.6. The average Bonchev–Trinajstić information content (AvgIpc) is 3.45. The number of amides is 2. The van der Waals surface area contributed by atoms with Crippen LogP contribution in [-0.4, -0.2) is 53.9 Å². The molecule has 9 heteroatoms. The first-order valence-electron chi connectivity index (χ1n) is 13.8. The number of aromatic nitrogens is 1. The summed E-state index contributed by atoms with van der Waals surface area (Å²) >= 11 is 0. The summed E-state index contributed by atoms with van der Waals surface area (Å²) in [5.74, 6) is -0.125. The van der Waals surface area contributed by atoms with Gasteiger partial charge in [0.25, 0.3) is 5.91 Å². The molecule has 3 aromatic rings. The number of hydrogen-bond donors (Lipinski definition) is 3. The highest BCUT2D eigenvalue weighted by Crippen LogP contribution is 2.25. The van der Waals surface area contributed by atoms with Crippen molar-refractivity contribution in [3.63, 3.8) is 0 Å². The van der Waals surface area contributed by atoms with E-state index in [1.165, 1.54) is 12.1 Å². The minimum Gasteiger partial charge on any atom is -0.369 e. The van der Waals surface area contributed by atoms with E-state index in [0.717, 1.165) is 31.2 Å². The molecule has 8 nitrogen and oxygen atoms in total. The van der Waals surface area contributed by atoms with Crippen LogP contribution in [0, 0.1) is 17.1 Å². The average molecular weight is 543 g/mol. The summed E-state index contributed by atoms with van der Waals surface area (Å²) < 4.78 is 13.6. The Morgan fingerprint density at radius 3 is 2.77 bits per heavy atom. The third-order valence-corrected chi connectivity index (χ3v) is 7.10. The Hall–Kier alpha value is -4.29. The number of nitrogens with zero attached hydrogens (tertiary/aromatic N) is 3. The van der Waals surface area contributed by atoms with E-state index in [4.69, 9.17) is 10.7 Å². The smallest absolute Gasteiger partial charge is 0.255 e. The Morgan fingerprint density at radius 1 is 1.12 bits per heavy atom. The first-order chi connectivity index (χ1) is 19.5. The van der Waals surface area contributed by atoms with Crippen LogP contribution >= 0.6 is 0 Å². The number of carbonyl (C=O) groups excluding carboxylic acids is 2. The Morgan fingerprint density at radius 2 is 1.98 bits per heavy atom. The number of nitrogens with one attached hydrogen (secondary N) is 2. The number of rotatable bonds is 12. The number of carbonyl (C=O) groups is 2. The zero-order chi connectivity index (χ0) is 28.3. The lowest BCUT2D eigenvalue weighted by molar-refractivity contribution is -0.132. The van der Waals surface area contributed by atoms with Gasteiger partial charge in [-0.15, -0.1) is 0 Å². The molecule has 2 amide bonds. The molecule has 40 heavy (non-hydrogen) atoms. The molecule has 0 spiro atoms. The minimum atomic E-state index is -0.302. The lowest BCUT2D eigenvalue weighted by atomic mass is 10.0. The summed E-state index contributed by atoms with van der Waals surface area (Å²) in [6, 6.07) is 19.1. The molecule has 1 aliphatic rings. The van der Waals surface area contributed by atoms with E-state index in [2.05, 4.69) is 16.7 Å². The van der Waals surface area contributed by atoms with E-state index in [-0.39, 0.29) is 23.7 Å². The van der Waals surface area contributed by atoms with Gasteiger partial charge in [-0.05, 0) is 74.5 Å². The molecule has 0 radical (unpaired) electrons. The summed E-state index contributed by atoms with van der Waals surface area (Å²) in [7, 11) is 0. The number of pyridine rings is 1. The molecule has 1 aliphatic heterocycles. The van der Waals surface area contributed by atoms with Gasteiger partial charge >= 0.3 is 0 Å². The van der Waals surface area contributed by atoms with Crippen LogP contribution in [0.4, 0.5) is 10.2 Å². The third-order valence-electron chi connectivity index (χ3n) is 7.10. The van der Waals surface area contributed by atoms with Gasteiger partial charge in [0.05, 0.1) is 22.9 Å². The van der Waals surface area contributed by atoms with Gasteiger partial charge < -0.3 is 21.3 Å². The molecule has 2 heterocycles. The molecule has 0 aliphatic carbocycles. The molecule has 1 aromatic heterocycles. The Kier molecular flexibility index (Phi) is 10.2. The van der Waals surface area contributed by atoms with Crippen molar-refractivity contribution in [3.8, 4) is 17.3 Å². The largest absolute Gasteiger partial charge is 0.369 e. The molecular formula is C31H35FN6O2. The van der Waals surface area contributed by atoms with Gasteiger partial charge in [-0.3, -0.25) is 9.59 Å². The van der Waals surface area contributed by atoms with Crippen molar-refractivity contribution in [2.24, 2.45) is 5.73 Å². The van der Waals surface area contributed by atoms with Crippen LogP contribution in [0.15, 0.2) is 60.7 Å². The fourth-order valence-electron chi connectivity index (χ4n) is 4.99. The van der Waals surface area contributed by atoms with E-state index in [1.54, 1.807) is 30.3 Å². The van der Waals surface area contributed by atoms with Crippen molar-refractivity contribution in [3.05, 3.63) is 83.2 Å². The Balaban J connectivity index is 1.49. The van der Waals surface area contributed by atoms with Crippen molar-refractivity contribution < 1.29 is 14.0 Å². The van der Waals surface area contributed by atoms with Gasteiger partial charge in [-0.2, -0.15) is 5.26 Å². The highest BCUT2D eigenvalue weighted by Gasteiger charge is 2.29. The Labute approximate surface area is 234 Å². The third kappa shape index (κ3) is 7.42. The predicted octanol–water partition coefficient (Wildman–Crippen LogP) is 4.26. The number of nitriles is 1. The molecule has 4 rings (SSSR count). The summed E-state index contributed by atoms with van der Waals surface area (Å²) in [6.45, 7) is 2.04. The minimum absolute atomic E-state index is 0.0477. The maximum Gasteiger partial charge on any atom is 0.255 e. The molecule has 4 N–H and O–H groups in total. The fraction of sp³-hybridized carbons (Fsp3) is 0.355. The maximum absolute atomic E-state index is 13.6. The predicted molar refractivity (Wildman–Crippen MR) is 153 cm³/mol. The standard InChI is InChI=1S/C31H35FN6O2/c32-24-9-5-7-22(19-24)15-17-35-30-27(13-14-28(37-30)26-11-2-1-8-23(26)20-34)31(40)36-21-25-10-6-18-38(25)29(39)12-3-4-16-33/h1-2,5,7-9,11,13-14,19,25H,3-4,6,10,12,15-18,21,33H2,(H,35,37)(H,36,40)/t25-/m1/s1. The lowest BCUT2D eigenvalue weighted by Gasteiger charge is -2.25. The summed E-state index contributed by atoms with van der Waals surface area (Å²) in [5, 5.41) is 15.8. The second-order valence-corrected chi connectivity index (χ2v) is 9.90. The number of nitrogens with two attached hydrogens (primary N) is 1. The summed E-state index contributed by atoms with van der Waals surface area (Å²) in [5.41, 5.74) is 8.44. The Bertz CT molecular complexity index is 1370. The van der Waals surface area contributed by atoms with Crippen molar-refractivity contribution in [2.75, 3.05) is 31.5 Å². The van der Waals surface area contributed by atoms with Crippen molar-refractivity contribution in [1.29, 1.82) is 5.26 Å². The molecule has 208 valence electrons. The first-order valence-corrected chi connectivity index (χ1v) is 13.8. The van der Waals surface area contributed by atoms with Crippen LogP contribution in [0.1, 0.15) is 53.6 Å². The number of anilines is 1. The van der Waals surface area contributed by atoms with Gasteiger partial charge in [0.1, 0.15) is 11.6 Å². The molecule has 0 saturated carbocycles. The van der Waals surface area contributed by atoms with E-state index < -0.39 is 0 Å². The van der Waals surface area contributed by atoms with Crippen molar-refractivity contribution in [1.82, 2.24) is 15.2 Å². The highest BCUT2D eigenvalue weighted by molar-refractivity contribution is 5.99. The van der Waals surface area contributed by atoms with Gasteiger partial charge in [0.15, 0.2) is 0 Å². The molecular weight excluding hydrogens is 507 g/mol. The van der Waals surface area contributed by atoms with E-state index in [0.29, 0.717) is 67.2 Å². The number of benzene rings is 2. The molecule has 1 saturated heterocycles. The zero-order valence-corrected chi connectivity index (χ0v) is 22.5. The van der Waals surface area contributed by atoms with Crippen LogP contribution in [-0.2, 0) is 11.2 Å². The number of halogens is 1. The van der Waals surface area contributed by atoms with Gasteiger partial charge in [-0.25, -0.2) is 9.37 Å². The molecule has 0 bridgehead atoms. The summed E-state index contributed by atoms with van der Waals surface area (Å²) in [4.78, 5) is 32.6. The summed E-state index contributed by atoms with van der Waals surface area (Å²) in [6.07, 6.45) is 4.33. The number of unbranched alkanes of at least 4 members (excludes halogenated alkanes) is 1. The van der Waals surface area contributed by atoms with E-state index in [1.807, 2.05) is 23.1 Å². The van der Waals surface area contributed by atoms with Crippen LogP contribution < -0.4 is 16.4 Å². The van der Waals surface area contributed by atoms with Gasteiger partial charge in [-0.1, -0.05) is 30.3 Å². The van der Waals surface area contributed by atoms with Crippen LogP contribution in [0.2, 0.25) is 0 Å². The first kappa shape index (κ1) is 28.7. The molecule has 1 fully saturated rings. The molecule has 0 unspecified atom stereocenters. The van der Waals surface area contributed by atoms with E-state index in [9.17, 15) is 19.2 Å². The number of hydrogen-bond acceptors (Lipinski definition) is 6. The van der Waals surface area contributed by atoms with Gasteiger partial charge in [0, 0.05) is 37.7 Å². The lowest BCUT2D eigenvalue weighted by Crippen LogP contribution is -2.43. The van der Waals surface area contributed by atoms with Crippen LogP contribution in [0.5, 0.6) is 0 Å². The monoisotopic (exact) mass is 542 g/mol. The highest BCUT2D eigenvalue weighted by atomic mass is 19.1. The topological polar surface area (TPSA) is 124 Å². The second kappa shape index (κ2) is 14.2. The normalized spacial score (nSPS) is 14.5. The SMILES string of the molecule is N#Cc1ccccc1-c1ccc(C(=O)NC[C@H]2CCCN2C(=O)CCCCN)c(NCCc2cccc(F)c2)n1. The second-order valence-electron chi connectivity index (χ2n) is 9.90. The number of likely N-dealkylation sites (tertiary alicyclic amines) is 1. The zero-order valence-electron chi connectivity index (χ0n) is 22.5. The van der Waals surface area contributed by atoms with E-state index >= 15 is 0 Å². The van der Waals surface area contributed by atoms with Crippen LogP contribution in [0.25, 0.3) is 11.3 Å². The van der Waals surface area contributed by atoms with Crippen LogP contribution in [0.3, 0.4) is 0 Å². The molecule has 1 atom stereocenters. The molecule has 2 aromatic carbocycles. The van der Waals surface area contributed by atoms with Crippen molar-refractivity contribution >= 4 is 17.6 Å². The van der Waals surface area contributed by atoms with Crippen molar-refractivity contribution in [2.45, 2.75) is 44.6 Å².